The van der Waals surface area contributed by atoms with Gasteiger partial charge >= 0.3 is 15.6 Å². The van der Waals surface area contributed by atoms with Crippen LogP contribution in [0, 0.1) is 5.41 Å². The minimum Gasteiger partial charge on any atom is -0.485 e. The van der Waals surface area contributed by atoms with Crippen LogP contribution in [0.5, 0.6) is 5.75 Å². The van der Waals surface area contributed by atoms with Gasteiger partial charge in [0, 0.05) is 0 Å². The summed E-state index contributed by atoms with van der Waals surface area (Å²) in [5.74, 6) is 0.418. The average molecular weight is 504 g/mol. The van der Waals surface area contributed by atoms with Crippen molar-refractivity contribution in [3.63, 3.8) is 0 Å². The maximum atomic E-state index is 12.0. The Kier molecular flexibility index (Phi) is 9.82. The molecule has 0 fully saturated rings. The Morgan fingerprint density at radius 1 is 0.848 bits per heavy atom. The monoisotopic (exact) mass is 504 g/mol. The highest BCUT2D eigenvalue weighted by atomic mass is 31.3. The van der Waals surface area contributed by atoms with E-state index in [1.54, 1.807) is 24.3 Å². The van der Waals surface area contributed by atoms with Gasteiger partial charge in [0.05, 0.1) is 25.2 Å². The van der Waals surface area contributed by atoms with E-state index in [2.05, 4.69) is 4.31 Å². The standard InChI is InChI=1S/C21H30O10P2/c1-3-16-5-9-18(10-6-16)20(30-19-11-7-17(4-2)8-12-19)21(13-22,14-23)15-29-33(27,28)31-32(24,25)26/h5-12,20,22-23H,3-4,13-15H2,1-2H3,(H,27,28)(H2,24,25,26). The van der Waals surface area contributed by atoms with Crippen molar-refractivity contribution in [1.82, 2.24) is 0 Å². The molecule has 0 aliphatic heterocycles. The first-order valence-corrected chi connectivity index (χ1v) is 13.3. The van der Waals surface area contributed by atoms with Gasteiger partial charge in [0.1, 0.15) is 11.9 Å². The van der Waals surface area contributed by atoms with Gasteiger partial charge in [-0.1, -0.05) is 50.2 Å². The number of aryl methyl sites for hydroxylation is 2. The van der Waals surface area contributed by atoms with Crippen molar-refractivity contribution in [2.75, 3.05) is 19.8 Å². The molecule has 0 saturated heterocycles. The fraction of sp³-hybridized carbons (Fsp3) is 0.429. The van der Waals surface area contributed by atoms with Crippen LogP contribution in [-0.4, -0.2) is 44.7 Å². The van der Waals surface area contributed by atoms with Crippen LogP contribution >= 0.6 is 15.6 Å². The Morgan fingerprint density at radius 2 is 1.33 bits per heavy atom. The fourth-order valence-electron chi connectivity index (χ4n) is 3.17. The zero-order valence-corrected chi connectivity index (χ0v) is 20.2. The van der Waals surface area contributed by atoms with Crippen molar-refractivity contribution in [3.05, 3.63) is 65.2 Å². The Hall–Kier alpha value is -1.58. The van der Waals surface area contributed by atoms with Gasteiger partial charge in [-0.2, -0.15) is 4.31 Å². The van der Waals surface area contributed by atoms with Crippen LogP contribution in [0.15, 0.2) is 48.5 Å². The molecule has 0 aliphatic carbocycles. The number of phosphoric acid groups is 2. The second kappa shape index (κ2) is 11.7. The van der Waals surface area contributed by atoms with E-state index in [-0.39, 0.29) is 0 Å². The van der Waals surface area contributed by atoms with E-state index in [0.717, 1.165) is 24.0 Å². The van der Waals surface area contributed by atoms with Crippen molar-refractivity contribution in [3.8, 4) is 5.75 Å². The molecule has 2 unspecified atom stereocenters. The van der Waals surface area contributed by atoms with Crippen molar-refractivity contribution in [2.45, 2.75) is 32.8 Å². The first kappa shape index (κ1) is 27.7. The molecular weight excluding hydrogens is 474 g/mol. The van der Waals surface area contributed by atoms with E-state index in [0.29, 0.717) is 11.3 Å². The third kappa shape index (κ3) is 8.00. The number of aliphatic hydroxyl groups is 2. The molecule has 0 bridgehead atoms. The van der Waals surface area contributed by atoms with E-state index in [9.17, 15) is 24.2 Å². The maximum Gasteiger partial charge on any atom is 0.481 e. The molecule has 2 aromatic rings. The van der Waals surface area contributed by atoms with Crippen molar-refractivity contribution >= 4 is 15.6 Å². The molecule has 2 aromatic carbocycles. The second-order valence-corrected chi connectivity index (χ2v) is 10.4. The molecule has 5 N–H and O–H groups in total. The summed E-state index contributed by atoms with van der Waals surface area (Å²) in [4.78, 5) is 27.3. The Labute approximate surface area is 192 Å². The molecule has 0 aliphatic rings. The SMILES string of the molecule is CCc1ccc(OC(c2ccc(CC)cc2)C(CO)(CO)COP(=O)(O)OP(=O)(O)O)cc1. The van der Waals surface area contributed by atoms with Gasteiger partial charge in [0.15, 0.2) is 0 Å². The number of benzene rings is 2. The number of hydrogen-bond acceptors (Lipinski definition) is 7. The topological polar surface area (TPSA) is 163 Å². The minimum atomic E-state index is -5.33. The number of aliphatic hydroxyl groups excluding tert-OH is 2. The first-order valence-electron chi connectivity index (χ1n) is 10.3. The Morgan fingerprint density at radius 3 is 1.76 bits per heavy atom. The van der Waals surface area contributed by atoms with Crippen LogP contribution < -0.4 is 4.74 Å². The first-order chi connectivity index (χ1) is 15.5. The molecule has 0 amide bonds. The lowest BCUT2D eigenvalue weighted by molar-refractivity contribution is -0.0723. The van der Waals surface area contributed by atoms with E-state index < -0.39 is 47.0 Å². The normalized spacial score (nSPS) is 15.1. The van der Waals surface area contributed by atoms with E-state index in [4.69, 9.17) is 19.0 Å². The predicted octanol–water partition coefficient (Wildman–Crippen LogP) is 3.13. The number of hydrogen-bond donors (Lipinski definition) is 5. The zero-order valence-electron chi connectivity index (χ0n) is 18.4. The van der Waals surface area contributed by atoms with Crippen LogP contribution in [0.4, 0.5) is 0 Å². The summed E-state index contributed by atoms with van der Waals surface area (Å²) in [5.41, 5.74) is 0.978. The predicted molar refractivity (Wildman–Crippen MR) is 121 cm³/mol. The lowest BCUT2D eigenvalue weighted by atomic mass is 9.80. The summed E-state index contributed by atoms with van der Waals surface area (Å²) in [6, 6.07) is 14.3. The molecule has 2 rings (SSSR count). The molecule has 12 heteroatoms. The van der Waals surface area contributed by atoms with Gasteiger partial charge in [0.2, 0.25) is 0 Å². The Bertz CT molecular complexity index is 968. The summed E-state index contributed by atoms with van der Waals surface area (Å²) in [6.07, 6.45) is 0.547. The van der Waals surface area contributed by atoms with Gasteiger partial charge in [-0.25, -0.2) is 9.13 Å². The highest BCUT2D eigenvalue weighted by Gasteiger charge is 2.45. The van der Waals surface area contributed by atoms with Gasteiger partial charge < -0.3 is 29.6 Å². The van der Waals surface area contributed by atoms with Crippen LogP contribution in [-0.2, 0) is 30.8 Å². The highest BCUT2D eigenvalue weighted by Crippen LogP contribution is 2.58. The minimum absolute atomic E-state index is 0.418. The summed E-state index contributed by atoms with van der Waals surface area (Å²) in [6.45, 7) is 1.69. The van der Waals surface area contributed by atoms with Crippen LogP contribution in [0.1, 0.15) is 36.6 Å². The van der Waals surface area contributed by atoms with Gasteiger partial charge in [-0.15, -0.1) is 0 Å². The lowest BCUT2D eigenvalue weighted by Gasteiger charge is -2.38. The molecule has 0 saturated carbocycles. The molecule has 0 spiro atoms. The molecule has 0 heterocycles. The molecule has 0 aromatic heterocycles. The molecule has 10 nitrogen and oxygen atoms in total. The number of phosphoric ester groups is 1. The summed E-state index contributed by atoms with van der Waals surface area (Å²) in [7, 11) is -10.5. The average Bonchev–Trinajstić information content (AvgIpc) is 2.78. The lowest BCUT2D eigenvalue weighted by Crippen LogP contribution is -2.43. The zero-order chi connectivity index (χ0) is 24.7. The van der Waals surface area contributed by atoms with E-state index >= 15 is 0 Å². The summed E-state index contributed by atoms with van der Waals surface area (Å²) in [5, 5.41) is 20.4. The van der Waals surface area contributed by atoms with Crippen molar-refractivity contribution in [1.29, 1.82) is 0 Å². The van der Waals surface area contributed by atoms with Gasteiger partial charge in [-0.05, 0) is 41.7 Å². The van der Waals surface area contributed by atoms with Crippen LogP contribution in [0.3, 0.4) is 0 Å². The van der Waals surface area contributed by atoms with Gasteiger partial charge in [0.25, 0.3) is 0 Å². The largest absolute Gasteiger partial charge is 0.485 e. The van der Waals surface area contributed by atoms with E-state index in [1.165, 1.54) is 0 Å². The van der Waals surface area contributed by atoms with Crippen LogP contribution in [0.25, 0.3) is 0 Å². The summed E-state index contributed by atoms with van der Waals surface area (Å²) >= 11 is 0. The highest BCUT2D eigenvalue weighted by molar-refractivity contribution is 7.60. The maximum absolute atomic E-state index is 12.0. The molecule has 184 valence electrons. The molecular formula is C21H30O10P2. The number of ether oxygens (including phenoxy) is 1. The van der Waals surface area contributed by atoms with Crippen LogP contribution in [0.2, 0.25) is 0 Å². The number of rotatable bonds is 13. The quantitative estimate of drug-likeness (QED) is 0.256. The van der Waals surface area contributed by atoms with Crippen molar-refractivity contribution < 1.29 is 47.6 Å². The molecule has 33 heavy (non-hydrogen) atoms. The molecule has 0 radical (unpaired) electrons. The Balaban J connectivity index is 2.43. The third-order valence-electron chi connectivity index (χ3n) is 5.19. The summed E-state index contributed by atoms with van der Waals surface area (Å²) < 4.78 is 37.7. The third-order valence-corrected chi connectivity index (χ3v) is 7.32. The van der Waals surface area contributed by atoms with Gasteiger partial charge in [-0.3, -0.25) is 4.52 Å². The van der Waals surface area contributed by atoms with Crippen molar-refractivity contribution in [2.24, 2.45) is 5.41 Å². The smallest absolute Gasteiger partial charge is 0.481 e. The second-order valence-electron chi connectivity index (χ2n) is 7.58. The molecule has 2 atom stereocenters. The fourth-order valence-corrected chi connectivity index (χ4v) is 4.85. The van der Waals surface area contributed by atoms with E-state index in [1.807, 2.05) is 38.1 Å².